The van der Waals surface area contributed by atoms with E-state index >= 15 is 0 Å². The number of imide groups is 1. The number of Topliss-reactive ketones (excluding diaryl/α,β-unsaturated/α-hetero) is 2. The van der Waals surface area contributed by atoms with Crippen LogP contribution in [0.5, 0.6) is 11.5 Å². The highest BCUT2D eigenvalue weighted by atomic mass is 16.5. The summed E-state index contributed by atoms with van der Waals surface area (Å²) in [5.74, 6) is 1.14. The fourth-order valence-electron chi connectivity index (χ4n) is 9.44. The second-order valence-corrected chi connectivity index (χ2v) is 15.6. The van der Waals surface area contributed by atoms with Crippen molar-refractivity contribution < 1.29 is 29.0 Å². The van der Waals surface area contributed by atoms with Crippen molar-refractivity contribution in [3.8, 4) is 11.5 Å². The molecule has 278 valence electrons. The quantitative estimate of drug-likeness (QED) is 0.0910. The van der Waals surface area contributed by atoms with Crippen LogP contribution in [0, 0.1) is 5.92 Å². The Morgan fingerprint density at radius 3 is 2.43 bits per heavy atom. The van der Waals surface area contributed by atoms with Crippen LogP contribution in [0.15, 0.2) is 91.0 Å². The minimum absolute atomic E-state index is 0.128. The van der Waals surface area contributed by atoms with Crippen LogP contribution in [0.4, 0.5) is 0 Å². The van der Waals surface area contributed by atoms with Crippen LogP contribution in [-0.4, -0.2) is 70.6 Å². The van der Waals surface area contributed by atoms with Crippen molar-refractivity contribution in [2.24, 2.45) is 5.92 Å². The van der Waals surface area contributed by atoms with Crippen LogP contribution in [-0.2, 0) is 22.4 Å². The van der Waals surface area contributed by atoms with Gasteiger partial charge in [0.05, 0.1) is 23.6 Å². The van der Waals surface area contributed by atoms with Gasteiger partial charge in [0, 0.05) is 25.4 Å². The molecule has 0 bridgehead atoms. The first kappa shape index (κ1) is 35.9. The van der Waals surface area contributed by atoms with E-state index in [1.165, 1.54) is 28.7 Å². The van der Waals surface area contributed by atoms with Gasteiger partial charge < -0.3 is 9.84 Å². The topological polar surface area (TPSA) is 104 Å². The third-order valence-electron chi connectivity index (χ3n) is 12.2. The SMILES string of the molecule is O=C1CCC(N2C(=O)c3cccc(CCCCC4CCN(CCOc5ccc([C@@H]6c7ccc(O)cc7CC[C@@H]6c6ccccc6)cc5)C4)c3C2=O)C(=O)C1. The minimum Gasteiger partial charge on any atom is -0.508 e. The third-order valence-corrected chi connectivity index (χ3v) is 12.2. The summed E-state index contributed by atoms with van der Waals surface area (Å²) in [6.07, 6.45) is 7.17. The first-order chi connectivity index (χ1) is 26.3. The standard InChI is InChI=1S/C46H48N2O6/c49-35-16-21-39-34(27-35)15-20-38(31-8-2-1-3-9-31)43(39)33-13-18-37(19-14-33)54-26-25-47-24-23-30(29-47)7-4-5-10-32-11-6-12-40-44(32)46(53)48(45(40)52)41-22-17-36(50)28-42(41)51/h1-3,6,8-9,11-14,16,18-19,21,27,30,38,41,43,49H,4-5,7,10,15,17,20,22-26,28-29H2/t30?,38-,41?,43+/m1/s1. The molecule has 4 aromatic carbocycles. The number of hydrogen-bond donors (Lipinski definition) is 1. The molecule has 2 unspecified atom stereocenters. The van der Waals surface area contributed by atoms with Gasteiger partial charge in [-0.25, -0.2) is 0 Å². The number of benzene rings is 4. The maximum atomic E-state index is 13.4. The number of rotatable bonds is 12. The van der Waals surface area contributed by atoms with Gasteiger partial charge in [-0.15, -0.1) is 0 Å². The average molecular weight is 725 g/mol. The van der Waals surface area contributed by atoms with Crippen LogP contribution < -0.4 is 4.74 Å². The van der Waals surface area contributed by atoms with Crippen LogP contribution >= 0.6 is 0 Å². The molecular weight excluding hydrogens is 677 g/mol. The number of phenols is 1. The Balaban J connectivity index is 0.801. The first-order valence-electron chi connectivity index (χ1n) is 19.7. The van der Waals surface area contributed by atoms with Crippen molar-refractivity contribution >= 4 is 23.4 Å². The number of ether oxygens (including phenoxy) is 1. The number of carbonyl (C=O) groups excluding carboxylic acids is 4. The summed E-state index contributed by atoms with van der Waals surface area (Å²) < 4.78 is 6.24. The summed E-state index contributed by atoms with van der Waals surface area (Å²) in [5.41, 5.74) is 6.81. The summed E-state index contributed by atoms with van der Waals surface area (Å²) in [5, 5.41) is 10.2. The Morgan fingerprint density at radius 1 is 0.778 bits per heavy atom. The van der Waals surface area contributed by atoms with E-state index < -0.39 is 17.9 Å². The molecular formula is C46H48N2O6. The minimum atomic E-state index is -0.838. The van der Waals surface area contributed by atoms with Crippen molar-refractivity contribution in [1.82, 2.24) is 9.80 Å². The lowest BCUT2D eigenvalue weighted by Gasteiger charge is -2.35. The number of carbonyl (C=O) groups is 4. The molecule has 2 heterocycles. The maximum Gasteiger partial charge on any atom is 0.262 e. The second kappa shape index (κ2) is 15.7. The van der Waals surface area contributed by atoms with Crippen molar-refractivity contribution in [3.63, 3.8) is 0 Å². The van der Waals surface area contributed by atoms with Crippen molar-refractivity contribution in [1.29, 1.82) is 0 Å². The predicted molar refractivity (Wildman–Crippen MR) is 206 cm³/mol. The second-order valence-electron chi connectivity index (χ2n) is 15.6. The summed E-state index contributed by atoms with van der Waals surface area (Å²) in [6.45, 7) is 3.64. The Hall–Kier alpha value is -5.08. The largest absolute Gasteiger partial charge is 0.508 e. The molecule has 2 amide bonds. The lowest BCUT2D eigenvalue weighted by molar-refractivity contribution is -0.132. The van der Waals surface area contributed by atoms with E-state index in [0.717, 1.165) is 68.0 Å². The number of likely N-dealkylation sites (tertiary alicyclic amines) is 1. The number of aromatic hydroxyl groups is 1. The number of amides is 2. The van der Waals surface area contributed by atoms with Crippen LogP contribution in [0.2, 0.25) is 0 Å². The monoisotopic (exact) mass is 724 g/mol. The molecule has 2 fully saturated rings. The molecule has 0 spiro atoms. The number of phenolic OH excluding ortho intramolecular Hbond substituents is 1. The fourth-order valence-corrected chi connectivity index (χ4v) is 9.44. The number of aryl methyl sites for hydroxylation is 2. The number of fused-ring (bicyclic) bond motifs is 2. The van der Waals surface area contributed by atoms with E-state index in [2.05, 4.69) is 65.6 Å². The van der Waals surface area contributed by atoms with Crippen LogP contribution in [0.1, 0.15) is 112 Å². The molecule has 2 aliphatic carbocycles. The molecule has 8 heteroatoms. The van der Waals surface area contributed by atoms with E-state index in [4.69, 9.17) is 4.74 Å². The Bertz CT molecular complexity index is 2040. The Kier molecular flexibility index (Phi) is 10.5. The summed E-state index contributed by atoms with van der Waals surface area (Å²) in [6, 6.07) is 29.8. The van der Waals surface area contributed by atoms with Crippen LogP contribution in [0.25, 0.3) is 0 Å². The number of nitrogens with zero attached hydrogens (tertiary/aromatic N) is 2. The summed E-state index contributed by atoms with van der Waals surface area (Å²) >= 11 is 0. The van der Waals surface area contributed by atoms with Gasteiger partial charge >= 0.3 is 0 Å². The fraction of sp³-hybridized carbons (Fsp3) is 0.391. The van der Waals surface area contributed by atoms with Crippen molar-refractivity contribution in [2.45, 2.75) is 82.1 Å². The van der Waals surface area contributed by atoms with Gasteiger partial charge in [-0.05, 0) is 121 Å². The van der Waals surface area contributed by atoms with E-state index in [0.29, 0.717) is 41.7 Å². The molecule has 4 atom stereocenters. The lowest BCUT2D eigenvalue weighted by atomic mass is 9.69. The van der Waals surface area contributed by atoms with Crippen molar-refractivity contribution in [3.05, 3.63) is 130 Å². The Labute approximate surface area is 317 Å². The highest BCUT2D eigenvalue weighted by Gasteiger charge is 2.45. The molecule has 0 radical (unpaired) electrons. The van der Waals surface area contributed by atoms with Gasteiger partial charge in [-0.1, -0.05) is 67.1 Å². The van der Waals surface area contributed by atoms with Gasteiger partial charge in [0.25, 0.3) is 11.8 Å². The molecule has 54 heavy (non-hydrogen) atoms. The molecule has 2 aliphatic heterocycles. The average Bonchev–Trinajstić information content (AvgIpc) is 3.74. The van der Waals surface area contributed by atoms with Crippen molar-refractivity contribution in [2.75, 3.05) is 26.2 Å². The zero-order valence-electron chi connectivity index (χ0n) is 30.8. The summed E-state index contributed by atoms with van der Waals surface area (Å²) in [4.78, 5) is 54.5. The van der Waals surface area contributed by atoms with Gasteiger partial charge in [-0.3, -0.25) is 29.0 Å². The summed E-state index contributed by atoms with van der Waals surface area (Å²) in [7, 11) is 0. The Morgan fingerprint density at radius 2 is 1.61 bits per heavy atom. The first-order valence-corrected chi connectivity index (χ1v) is 19.7. The van der Waals surface area contributed by atoms with Crippen LogP contribution in [0.3, 0.4) is 0 Å². The van der Waals surface area contributed by atoms with E-state index in [1.54, 1.807) is 6.07 Å². The normalized spacial score (nSPS) is 22.8. The zero-order valence-corrected chi connectivity index (χ0v) is 30.8. The van der Waals surface area contributed by atoms with Gasteiger partial charge in [0.2, 0.25) is 0 Å². The molecule has 1 N–H and O–H groups in total. The maximum absolute atomic E-state index is 13.4. The smallest absolute Gasteiger partial charge is 0.262 e. The molecule has 1 saturated heterocycles. The molecule has 8 nitrogen and oxygen atoms in total. The number of ketones is 2. The van der Waals surface area contributed by atoms with E-state index in [1.807, 2.05) is 24.3 Å². The lowest BCUT2D eigenvalue weighted by Crippen LogP contribution is -2.47. The highest BCUT2D eigenvalue weighted by molar-refractivity contribution is 6.24. The molecule has 0 aromatic heterocycles. The molecule has 1 saturated carbocycles. The van der Waals surface area contributed by atoms with Gasteiger partial charge in [0.15, 0.2) is 5.78 Å². The highest BCUT2D eigenvalue weighted by Crippen LogP contribution is 2.47. The van der Waals surface area contributed by atoms with E-state index in [9.17, 15) is 24.3 Å². The predicted octanol–water partition coefficient (Wildman–Crippen LogP) is 7.65. The van der Waals surface area contributed by atoms with E-state index in [-0.39, 0.29) is 36.7 Å². The zero-order chi connectivity index (χ0) is 37.2. The van der Waals surface area contributed by atoms with Gasteiger partial charge in [0.1, 0.15) is 23.9 Å². The van der Waals surface area contributed by atoms with Gasteiger partial charge in [-0.2, -0.15) is 0 Å². The molecule has 4 aliphatic rings. The third kappa shape index (κ3) is 7.36. The molecule has 8 rings (SSSR count). The number of unbranched alkanes of at least 4 members (excludes halogenated alkanes) is 1. The molecule has 4 aromatic rings. The number of hydrogen-bond acceptors (Lipinski definition) is 7.